The van der Waals surface area contributed by atoms with Gasteiger partial charge in [0.15, 0.2) is 0 Å². The molecule has 2 aromatic rings. The van der Waals surface area contributed by atoms with Crippen LogP contribution in [0.3, 0.4) is 0 Å². The van der Waals surface area contributed by atoms with Gasteiger partial charge >= 0.3 is 12.1 Å². The molecule has 0 aliphatic heterocycles. The largest absolute Gasteiger partial charge is 0.478 e. The van der Waals surface area contributed by atoms with Crippen molar-refractivity contribution in [3.05, 3.63) is 53.6 Å². The molecule has 2 aromatic heterocycles. The summed E-state index contributed by atoms with van der Waals surface area (Å²) in [4.78, 5) is 14.6. The molecule has 2 rings (SSSR count). The van der Waals surface area contributed by atoms with E-state index in [1.807, 2.05) is 0 Å². The van der Waals surface area contributed by atoms with Gasteiger partial charge in [-0.1, -0.05) is 0 Å². The van der Waals surface area contributed by atoms with Crippen LogP contribution in [-0.2, 0) is 12.7 Å². The Morgan fingerprint density at radius 3 is 2.37 bits per heavy atom. The van der Waals surface area contributed by atoms with Crippen LogP contribution in [-0.4, -0.2) is 20.6 Å². The molecule has 0 aromatic carbocycles. The Bertz CT molecular complexity index is 591. The molecule has 4 nitrogen and oxygen atoms in total. The molecule has 0 atom stereocenters. The molecule has 0 amide bonds. The average Bonchev–Trinajstić information content (AvgIpc) is 2.74. The highest BCUT2D eigenvalue weighted by molar-refractivity contribution is 5.89. The first-order chi connectivity index (χ1) is 8.88. The van der Waals surface area contributed by atoms with Crippen molar-refractivity contribution in [2.75, 3.05) is 0 Å². The number of carbonyl (C=O) groups is 1. The van der Waals surface area contributed by atoms with Gasteiger partial charge in [-0.3, -0.25) is 4.98 Å². The number of carboxylic acid groups (broad SMARTS) is 1. The standard InChI is InChI=1S/C12H9F3N2O2/c13-12(14,15)10-7-17(6-9(10)11(18)19)5-8-1-3-16-4-2-8/h1-4,6-7H,5H2,(H,18,19). The van der Waals surface area contributed by atoms with Gasteiger partial charge in [0.1, 0.15) is 0 Å². The summed E-state index contributed by atoms with van der Waals surface area (Å²) in [5.41, 5.74) is -1.16. The fraction of sp³-hybridized carbons (Fsp3) is 0.167. The van der Waals surface area contributed by atoms with E-state index >= 15 is 0 Å². The van der Waals surface area contributed by atoms with E-state index in [-0.39, 0.29) is 6.54 Å². The average molecular weight is 270 g/mol. The highest BCUT2D eigenvalue weighted by atomic mass is 19.4. The first kappa shape index (κ1) is 13.1. The summed E-state index contributed by atoms with van der Waals surface area (Å²) < 4.78 is 39.2. The second kappa shape index (κ2) is 4.75. The Morgan fingerprint density at radius 2 is 1.89 bits per heavy atom. The molecule has 0 saturated heterocycles. The van der Waals surface area contributed by atoms with Gasteiger partial charge < -0.3 is 9.67 Å². The zero-order valence-electron chi connectivity index (χ0n) is 9.55. The lowest BCUT2D eigenvalue weighted by molar-refractivity contribution is -0.138. The number of hydrogen-bond donors (Lipinski definition) is 1. The zero-order valence-corrected chi connectivity index (χ0v) is 9.55. The van der Waals surface area contributed by atoms with Crippen molar-refractivity contribution in [1.29, 1.82) is 0 Å². The maximum Gasteiger partial charge on any atom is 0.418 e. The molecule has 0 radical (unpaired) electrons. The van der Waals surface area contributed by atoms with Crippen molar-refractivity contribution in [3.63, 3.8) is 0 Å². The van der Waals surface area contributed by atoms with Crippen LogP contribution in [0.2, 0.25) is 0 Å². The van der Waals surface area contributed by atoms with Crippen molar-refractivity contribution < 1.29 is 23.1 Å². The molecule has 0 bridgehead atoms. The summed E-state index contributed by atoms with van der Waals surface area (Å²) in [6.45, 7) is 0.152. The maximum atomic E-state index is 12.7. The first-order valence-electron chi connectivity index (χ1n) is 5.27. The van der Waals surface area contributed by atoms with Crippen LogP contribution in [0.4, 0.5) is 13.2 Å². The zero-order chi connectivity index (χ0) is 14.0. The Kier molecular flexibility index (Phi) is 3.28. The summed E-state index contributed by atoms with van der Waals surface area (Å²) in [6.07, 6.45) is 0.121. The van der Waals surface area contributed by atoms with Gasteiger partial charge in [0.25, 0.3) is 0 Å². The smallest absolute Gasteiger partial charge is 0.418 e. The number of nitrogens with zero attached hydrogens (tertiary/aromatic N) is 2. The van der Waals surface area contributed by atoms with Gasteiger partial charge in [-0.2, -0.15) is 13.2 Å². The van der Waals surface area contributed by atoms with Gasteiger partial charge in [-0.05, 0) is 17.7 Å². The maximum absolute atomic E-state index is 12.7. The van der Waals surface area contributed by atoms with E-state index in [0.717, 1.165) is 18.0 Å². The van der Waals surface area contributed by atoms with Crippen LogP contribution in [0.5, 0.6) is 0 Å². The third-order valence-electron chi connectivity index (χ3n) is 2.53. The van der Waals surface area contributed by atoms with E-state index in [0.29, 0.717) is 0 Å². The van der Waals surface area contributed by atoms with Crippen molar-refractivity contribution >= 4 is 5.97 Å². The minimum atomic E-state index is -4.68. The number of pyridine rings is 1. The quantitative estimate of drug-likeness (QED) is 0.932. The Balaban J connectivity index is 2.36. The molecular formula is C12H9F3N2O2. The fourth-order valence-corrected chi connectivity index (χ4v) is 1.69. The molecule has 0 unspecified atom stereocenters. The predicted molar refractivity (Wildman–Crippen MR) is 59.7 cm³/mol. The highest BCUT2D eigenvalue weighted by Gasteiger charge is 2.36. The summed E-state index contributed by atoms with van der Waals surface area (Å²) in [5.74, 6) is -1.60. The molecule has 19 heavy (non-hydrogen) atoms. The van der Waals surface area contributed by atoms with E-state index in [2.05, 4.69) is 4.98 Å². The number of hydrogen-bond acceptors (Lipinski definition) is 2. The monoisotopic (exact) mass is 270 g/mol. The molecule has 0 aliphatic rings. The van der Waals surface area contributed by atoms with E-state index in [9.17, 15) is 18.0 Å². The first-order valence-corrected chi connectivity index (χ1v) is 5.27. The van der Waals surface area contributed by atoms with Crippen LogP contribution in [0.25, 0.3) is 0 Å². The highest BCUT2D eigenvalue weighted by Crippen LogP contribution is 2.32. The molecule has 1 N–H and O–H groups in total. The molecule has 7 heteroatoms. The summed E-state index contributed by atoms with van der Waals surface area (Å²) in [6, 6.07) is 3.29. The minimum Gasteiger partial charge on any atom is -0.478 e. The second-order valence-corrected chi connectivity index (χ2v) is 3.92. The molecule has 100 valence electrons. The normalized spacial score (nSPS) is 11.5. The van der Waals surface area contributed by atoms with E-state index < -0.39 is 23.3 Å². The van der Waals surface area contributed by atoms with Crippen molar-refractivity contribution in [3.8, 4) is 0 Å². The topological polar surface area (TPSA) is 55.1 Å². The van der Waals surface area contributed by atoms with Gasteiger partial charge in [-0.15, -0.1) is 0 Å². The Labute approximate surface area is 106 Å². The Morgan fingerprint density at radius 1 is 1.26 bits per heavy atom. The van der Waals surface area contributed by atoms with Gasteiger partial charge in [0, 0.05) is 31.3 Å². The number of aromatic carboxylic acids is 1. The minimum absolute atomic E-state index is 0.152. The van der Waals surface area contributed by atoms with Crippen LogP contribution in [0.15, 0.2) is 36.9 Å². The number of alkyl halides is 3. The van der Waals surface area contributed by atoms with E-state index in [1.165, 1.54) is 17.0 Å². The van der Waals surface area contributed by atoms with Gasteiger partial charge in [-0.25, -0.2) is 4.79 Å². The molecule has 2 heterocycles. The summed E-state index contributed by atoms with van der Waals surface area (Å²) in [5, 5.41) is 8.79. The number of halogens is 3. The number of rotatable bonds is 3. The van der Waals surface area contributed by atoms with Crippen molar-refractivity contribution in [1.82, 2.24) is 9.55 Å². The number of carboxylic acids is 1. The van der Waals surface area contributed by atoms with Crippen molar-refractivity contribution in [2.24, 2.45) is 0 Å². The lowest BCUT2D eigenvalue weighted by Crippen LogP contribution is -2.09. The lowest BCUT2D eigenvalue weighted by Gasteiger charge is -2.04. The summed E-state index contributed by atoms with van der Waals surface area (Å²) >= 11 is 0. The van der Waals surface area contributed by atoms with Crippen molar-refractivity contribution in [2.45, 2.75) is 12.7 Å². The van der Waals surface area contributed by atoms with Gasteiger partial charge in [0.2, 0.25) is 0 Å². The van der Waals surface area contributed by atoms with Gasteiger partial charge in [0.05, 0.1) is 11.1 Å². The third kappa shape index (κ3) is 2.93. The molecule has 0 saturated carbocycles. The fourth-order valence-electron chi connectivity index (χ4n) is 1.69. The SMILES string of the molecule is O=C(O)c1cn(Cc2ccncc2)cc1C(F)(F)F. The van der Waals surface area contributed by atoms with Crippen LogP contribution < -0.4 is 0 Å². The molecule has 0 fully saturated rings. The second-order valence-electron chi connectivity index (χ2n) is 3.92. The number of aromatic nitrogens is 2. The summed E-state index contributed by atoms with van der Waals surface area (Å²) in [7, 11) is 0. The van der Waals surface area contributed by atoms with Crippen LogP contribution >= 0.6 is 0 Å². The molecular weight excluding hydrogens is 261 g/mol. The molecule has 0 spiro atoms. The predicted octanol–water partition coefficient (Wildman–Crippen LogP) is 2.65. The van der Waals surface area contributed by atoms with E-state index in [1.54, 1.807) is 12.1 Å². The lowest BCUT2D eigenvalue weighted by atomic mass is 10.2. The third-order valence-corrected chi connectivity index (χ3v) is 2.53. The Hall–Kier alpha value is -2.31. The van der Waals surface area contributed by atoms with E-state index in [4.69, 9.17) is 5.11 Å². The van der Waals surface area contributed by atoms with Crippen LogP contribution in [0.1, 0.15) is 21.5 Å². The van der Waals surface area contributed by atoms with Crippen LogP contribution in [0, 0.1) is 0 Å². The molecule has 0 aliphatic carbocycles.